The molecule has 0 spiro atoms. The van der Waals surface area contributed by atoms with Gasteiger partial charge in [0.1, 0.15) is 12.4 Å². The number of likely N-dealkylation sites (tertiary alicyclic amines) is 1. The number of rotatable bonds is 6. The predicted molar refractivity (Wildman–Crippen MR) is 120 cm³/mol. The van der Waals surface area contributed by atoms with Crippen LogP contribution in [0.5, 0.6) is 5.75 Å². The van der Waals surface area contributed by atoms with E-state index in [1.807, 2.05) is 36.4 Å². The fraction of sp³-hybridized carbons (Fsp3) is 0.269. The van der Waals surface area contributed by atoms with E-state index in [0.717, 1.165) is 24.4 Å². The second-order valence-electron chi connectivity index (χ2n) is 8.08. The lowest BCUT2D eigenvalue weighted by Crippen LogP contribution is -2.25. The predicted octanol–water partition coefficient (Wildman–Crippen LogP) is 4.98. The molecule has 1 saturated heterocycles. The van der Waals surface area contributed by atoms with Crippen LogP contribution in [0.15, 0.2) is 66.7 Å². The van der Waals surface area contributed by atoms with Gasteiger partial charge in [0.05, 0.1) is 0 Å². The number of hydrogen-bond donors (Lipinski definition) is 1. The fourth-order valence-corrected chi connectivity index (χ4v) is 4.42. The Morgan fingerprint density at radius 1 is 0.900 bits per heavy atom. The number of ether oxygens (including phenoxy) is 1. The molecule has 3 aromatic carbocycles. The van der Waals surface area contributed by atoms with Crippen molar-refractivity contribution in [3.05, 3.63) is 83.4 Å². The molecule has 3 aromatic rings. The van der Waals surface area contributed by atoms with Gasteiger partial charge in [-0.05, 0) is 91.0 Å². The maximum absolute atomic E-state index is 12.7. The highest BCUT2D eigenvalue weighted by molar-refractivity contribution is 6.05. The smallest absolute Gasteiger partial charge is 0.255 e. The van der Waals surface area contributed by atoms with E-state index in [0.29, 0.717) is 12.2 Å². The highest BCUT2D eigenvalue weighted by Gasteiger charge is 2.19. The third kappa shape index (κ3) is 3.96. The van der Waals surface area contributed by atoms with E-state index >= 15 is 0 Å². The second kappa shape index (κ2) is 8.33. The molecular weight excluding hydrogens is 372 g/mol. The van der Waals surface area contributed by atoms with E-state index in [-0.39, 0.29) is 5.91 Å². The van der Waals surface area contributed by atoms with Crippen molar-refractivity contribution >= 4 is 11.6 Å². The minimum Gasteiger partial charge on any atom is -0.492 e. The first-order valence-electron chi connectivity index (χ1n) is 10.7. The zero-order valence-electron chi connectivity index (χ0n) is 17.1. The summed E-state index contributed by atoms with van der Waals surface area (Å²) in [5.41, 5.74) is 6.51. The van der Waals surface area contributed by atoms with Gasteiger partial charge in [-0.15, -0.1) is 0 Å². The number of carbonyl (C=O) groups excluding carboxylic acids is 1. The molecule has 1 amide bonds. The van der Waals surface area contributed by atoms with Crippen molar-refractivity contribution in [2.45, 2.75) is 19.3 Å². The monoisotopic (exact) mass is 398 g/mol. The lowest BCUT2D eigenvalue weighted by molar-refractivity contribution is 0.102. The van der Waals surface area contributed by atoms with Gasteiger partial charge in [-0.3, -0.25) is 9.69 Å². The van der Waals surface area contributed by atoms with Crippen molar-refractivity contribution in [2.75, 3.05) is 31.6 Å². The minimum atomic E-state index is -0.0866. The molecule has 0 radical (unpaired) electrons. The number of fused-ring (bicyclic) bond motifs is 3. The van der Waals surface area contributed by atoms with Crippen molar-refractivity contribution in [1.82, 2.24) is 4.90 Å². The fourth-order valence-electron chi connectivity index (χ4n) is 4.42. The Morgan fingerprint density at radius 2 is 1.67 bits per heavy atom. The second-order valence-corrected chi connectivity index (χ2v) is 8.08. The molecule has 0 atom stereocenters. The lowest BCUT2D eigenvalue weighted by Gasteiger charge is -2.15. The Bertz CT molecular complexity index is 1050. The molecule has 0 aromatic heterocycles. The zero-order valence-corrected chi connectivity index (χ0v) is 17.1. The Labute approximate surface area is 177 Å². The third-order valence-corrected chi connectivity index (χ3v) is 6.04. The van der Waals surface area contributed by atoms with Crippen LogP contribution >= 0.6 is 0 Å². The highest BCUT2D eigenvalue weighted by atomic mass is 16.5. The van der Waals surface area contributed by atoms with Crippen LogP contribution in [-0.2, 0) is 6.42 Å². The highest BCUT2D eigenvalue weighted by Crippen LogP contribution is 2.36. The molecule has 2 aliphatic rings. The number of benzene rings is 3. The van der Waals surface area contributed by atoms with Gasteiger partial charge in [-0.2, -0.15) is 0 Å². The molecule has 1 N–H and O–H groups in total. The van der Waals surface area contributed by atoms with Crippen LogP contribution in [0.4, 0.5) is 5.69 Å². The van der Waals surface area contributed by atoms with Gasteiger partial charge in [0.25, 0.3) is 5.91 Å². The Morgan fingerprint density at radius 3 is 2.50 bits per heavy atom. The normalized spacial score (nSPS) is 14.9. The van der Waals surface area contributed by atoms with Crippen LogP contribution in [0.1, 0.15) is 34.3 Å². The first-order chi connectivity index (χ1) is 14.8. The lowest BCUT2D eigenvalue weighted by atomic mass is 10.0. The molecule has 0 unspecified atom stereocenters. The molecule has 1 aliphatic heterocycles. The number of amides is 1. The number of nitrogens with zero attached hydrogens (tertiary/aromatic N) is 1. The molecule has 30 heavy (non-hydrogen) atoms. The van der Waals surface area contributed by atoms with E-state index in [4.69, 9.17) is 4.74 Å². The van der Waals surface area contributed by atoms with Crippen LogP contribution < -0.4 is 10.1 Å². The van der Waals surface area contributed by atoms with Crippen LogP contribution in [-0.4, -0.2) is 37.0 Å². The van der Waals surface area contributed by atoms with Crippen molar-refractivity contribution in [3.8, 4) is 16.9 Å². The van der Waals surface area contributed by atoms with Gasteiger partial charge in [-0.1, -0.05) is 30.3 Å². The summed E-state index contributed by atoms with van der Waals surface area (Å²) in [4.78, 5) is 15.2. The van der Waals surface area contributed by atoms with Gasteiger partial charge >= 0.3 is 0 Å². The van der Waals surface area contributed by atoms with Crippen molar-refractivity contribution in [3.63, 3.8) is 0 Å². The molecule has 4 nitrogen and oxygen atoms in total. The van der Waals surface area contributed by atoms with Gasteiger partial charge in [0.2, 0.25) is 0 Å². The summed E-state index contributed by atoms with van der Waals surface area (Å²) in [5.74, 6) is 0.749. The number of nitrogens with one attached hydrogen (secondary N) is 1. The largest absolute Gasteiger partial charge is 0.492 e. The molecule has 0 saturated carbocycles. The Balaban J connectivity index is 1.19. The Hall–Kier alpha value is -3.11. The van der Waals surface area contributed by atoms with Gasteiger partial charge < -0.3 is 10.1 Å². The molecule has 1 fully saturated rings. The summed E-state index contributed by atoms with van der Waals surface area (Å²) in [6.45, 7) is 4.04. The quantitative estimate of drug-likeness (QED) is 0.498. The Kier molecular flexibility index (Phi) is 5.24. The van der Waals surface area contributed by atoms with E-state index in [1.54, 1.807) is 0 Å². The molecular formula is C26H26N2O2. The van der Waals surface area contributed by atoms with E-state index < -0.39 is 0 Å². The summed E-state index contributed by atoms with van der Waals surface area (Å²) in [6.07, 6.45) is 3.48. The zero-order chi connectivity index (χ0) is 20.3. The SMILES string of the molecule is O=C(Nc1ccc(OCCN2CCCC2)cc1)c1ccc2c(c1)Cc1ccccc1-2. The van der Waals surface area contributed by atoms with Crippen LogP contribution in [0.25, 0.3) is 11.1 Å². The van der Waals surface area contributed by atoms with Gasteiger partial charge in [0.15, 0.2) is 0 Å². The molecule has 4 heteroatoms. The summed E-state index contributed by atoms with van der Waals surface area (Å²) in [5, 5.41) is 3.00. The maximum Gasteiger partial charge on any atom is 0.255 e. The minimum absolute atomic E-state index is 0.0866. The number of carbonyl (C=O) groups is 1. The summed E-state index contributed by atoms with van der Waals surface area (Å²) in [6, 6.07) is 22.0. The van der Waals surface area contributed by atoms with Crippen LogP contribution in [0.2, 0.25) is 0 Å². The molecule has 1 aliphatic carbocycles. The summed E-state index contributed by atoms with van der Waals surface area (Å²) in [7, 11) is 0. The molecule has 1 heterocycles. The van der Waals surface area contributed by atoms with E-state index in [2.05, 4.69) is 40.5 Å². The van der Waals surface area contributed by atoms with Crippen molar-refractivity contribution in [1.29, 1.82) is 0 Å². The summed E-state index contributed by atoms with van der Waals surface area (Å²) >= 11 is 0. The summed E-state index contributed by atoms with van der Waals surface area (Å²) < 4.78 is 5.84. The standard InChI is InChI=1S/C26H26N2O2/c29-26(20-7-12-25-21(18-20)17-19-5-1-2-6-24(19)25)27-22-8-10-23(11-9-22)30-16-15-28-13-3-4-14-28/h1-2,5-12,18H,3-4,13-17H2,(H,27,29). The van der Waals surface area contributed by atoms with E-state index in [1.165, 1.54) is 48.2 Å². The van der Waals surface area contributed by atoms with E-state index in [9.17, 15) is 4.79 Å². The van der Waals surface area contributed by atoms with Gasteiger partial charge in [-0.25, -0.2) is 0 Å². The molecule has 5 rings (SSSR count). The number of hydrogen-bond acceptors (Lipinski definition) is 3. The van der Waals surface area contributed by atoms with Crippen LogP contribution in [0, 0.1) is 0 Å². The van der Waals surface area contributed by atoms with Crippen molar-refractivity contribution in [2.24, 2.45) is 0 Å². The number of anilines is 1. The maximum atomic E-state index is 12.7. The first-order valence-corrected chi connectivity index (χ1v) is 10.7. The van der Waals surface area contributed by atoms with Crippen molar-refractivity contribution < 1.29 is 9.53 Å². The first kappa shape index (κ1) is 18.9. The average molecular weight is 399 g/mol. The van der Waals surface area contributed by atoms with Gasteiger partial charge in [0, 0.05) is 17.8 Å². The van der Waals surface area contributed by atoms with Crippen LogP contribution in [0.3, 0.4) is 0 Å². The third-order valence-electron chi connectivity index (χ3n) is 6.04. The average Bonchev–Trinajstić information content (AvgIpc) is 3.42. The molecule has 0 bridgehead atoms. The molecule has 152 valence electrons. The topological polar surface area (TPSA) is 41.6 Å².